The van der Waals surface area contributed by atoms with Crippen LogP contribution in [0, 0.1) is 5.82 Å². The van der Waals surface area contributed by atoms with Gasteiger partial charge in [-0.05, 0) is 18.2 Å². The molecule has 0 bridgehead atoms. The molecule has 94 valence electrons. The second kappa shape index (κ2) is 4.01. The molecule has 1 aromatic heterocycles. The van der Waals surface area contributed by atoms with E-state index >= 15 is 0 Å². The molecule has 0 saturated heterocycles. The van der Waals surface area contributed by atoms with Gasteiger partial charge in [0, 0.05) is 10.8 Å². The Morgan fingerprint density at radius 2 is 1.94 bits per heavy atom. The zero-order valence-electron chi connectivity index (χ0n) is 10.4. The molecular weight excluding hydrogens is 235 g/mol. The topological polar surface area (TPSA) is 63.1 Å². The van der Waals surface area contributed by atoms with E-state index in [0.29, 0.717) is 16.6 Å². The van der Waals surface area contributed by atoms with Crippen molar-refractivity contribution in [3.63, 3.8) is 0 Å². The highest BCUT2D eigenvalue weighted by Crippen LogP contribution is 2.28. The number of nitrogens with zero attached hydrogens (tertiary/aromatic N) is 2. The molecule has 5 heteroatoms. The predicted octanol–water partition coefficient (Wildman–Crippen LogP) is 2.76. The van der Waals surface area contributed by atoms with Crippen molar-refractivity contribution in [2.75, 3.05) is 0 Å². The summed E-state index contributed by atoms with van der Waals surface area (Å²) in [5.41, 5.74) is 0.581. The van der Waals surface area contributed by atoms with Crippen LogP contribution < -0.4 is 0 Å². The lowest BCUT2D eigenvalue weighted by Gasteiger charge is -2.20. The lowest BCUT2D eigenvalue weighted by atomic mass is 9.89. The van der Waals surface area contributed by atoms with Crippen molar-refractivity contribution < 1.29 is 14.3 Å². The second-order valence-corrected chi connectivity index (χ2v) is 5.11. The molecule has 0 unspecified atom stereocenters. The summed E-state index contributed by atoms with van der Waals surface area (Å²) in [4.78, 5) is 18.9. The SMILES string of the molecule is CC(C)(C)c1nc(C(=O)O)nc2ccc(F)cc12. The number of carboxylic acid groups (broad SMARTS) is 1. The third-order valence-electron chi connectivity index (χ3n) is 2.56. The van der Waals surface area contributed by atoms with Crippen LogP contribution in [-0.4, -0.2) is 21.0 Å². The van der Waals surface area contributed by atoms with Crippen molar-refractivity contribution in [2.24, 2.45) is 0 Å². The van der Waals surface area contributed by atoms with E-state index in [0.717, 1.165) is 0 Å². The summed E-state index contributed by atoms with van der Waals surface area (Å²) in [7, 11) is 0. The fourth-order valence-electron chi connectivity index (χ4n) is 1.77. The van der Waals surface area contributed by atoms with Gasteiger partial charge in [0.05, 0.1) is 11.2 Å². The van der Waals surface area contributed by atoms with E-state index in [9.17, 15) is 9.18 Å². The normalized spacial score (nSPS) is 11.8. The smallest absolute Gasteiger partial charge is 0.373 e. The van der Waals surface area contributed by atoms with Crippen LogP contribution in [0.4, 0.5) is 4.39 Å². The largest absolute Gasteiger partial charge is 0.475 e. The second-order valence-electron chi connectivity index (χ2n) is 5.11. The van der Waals surface area contributed by atoms with E-state index in [1.807, 2.05) is 20.8 Å². The van der Waals surface area contributed by atoms with Gasteiger partial charge < -0.3 is 5.11 Å². The molecule has 0 aliphatic carbocycles. The maximum atomic E-state index is 13.3. The molecule has 0 aliphatic heterocycles. The number of halogens is 1. The average Bonchev–Trinajstić information content (AvgIpc) is 2.26. The Morgan fingerprint density at radius 3 is 2.50 bits per heavy atom. The lowest BCUT2D eigenvalue weighted by molar-refractivity contribution is 0.0683. The minimum Gasteiger partial charge on any atom is -0.475 e. The van der Waals surface area contributed by atoms with Crippen molar-refractivity contribution in [3.05, 3.63) is 35.5 Å². The molecule has 0 atom stereocenters. The summed E-state index contributed by atoms with van der Waals surface area (Å²) < 4.78 is 13.3. The molecule has 1 aromatic carbocycles. The number of rotatable bonds is 1. The monoisotopic (exact) mass is 248 g/mol. The predicted molar refractivity (Wildman–Crippen MR) is 65.2 cm³/mol. The average molecular weight is 248 g/mol. The van der Waals surface area contributed by atoms with Crippen LogP contribution in [0.25, 0.3) is 10.9 Å². The number of fused-ring (bicyclic) bond motifs is 1. The first-order valence-electron chi connectivity index (χ1n) is 5.50. The standard InChI is InChI=1S/C13H13FN2O2/c1-13(2,3)10-8-6-7(14)4-5-9(8)15-11(16-10)12(17)18/h4-6H,1-3H3,(H,17,18). The minimum atomic E-state index is -1.19. The van der Waals surface area contributed by atoms with Crippen molar-refractivity contribution in [2.45, 2.75) is 26.2 Å². The van der Waals surface area contributed by atoms with Gasteiger partial charge in [0.1, 0.15) is 5.82 Å². The van der Waals surface area contributed by atoms with Gasteiger partial charge in [0.2, 0.25) is 5.82 Å². The summed E-state index contributed by atoms with van der Waals surface area (Å²) in [6.07, 6.45) is 0. The first-order chi connectivity index (χ1) is 8.29. The van der Waals surface area contributed by atoms with Crippen molar-refractivity contribution >= 4 is 16.9 Å². The Balaban J connectivity index is 2.86. The summed E-state index contributed by atoms with van der Waals surface area (Å²) in [6, 6.07) is 4.06. The molecule has 0 radical (unpaired) electrons. The number of hydrogen-bond donors (Lipinski definition) is 1. The molecule has 18 heavy (non-hydrogen) atoms. The Bertz CT molecular complexity index is 633. The Hall–Kier alpha value is -2.04. The Kier molecular flexibility index (Phi) is 2.77. The van der Waals surface area contributed by atoms with Gasteiger partial charge in [-0.25, -0.2) is 19.2 Å². The number of benzene rings is 1. The molecule has 0 fully saturated rings. The lowest BCUT2D eigenvalue weighted by Crippen LogP contribution is -2.18. The first kappa shape index (κ1) is 12.4. The number of aromatic carboxylic acids is 1. The molecule has 1 N–H and O–H groups in total. The molecule has 0 aliphatic rings. The highest BCUT2D eigenvalue weighted by atomic mass is 19.1. The summed E-state index contributed by atoms with van der Waals surface area (Å²) >= 11 is 0. The number of aromatic nitrogens is 2. The van der Waals surface area contributed by atoms with Crippen molar-refractivity contribution in [1.82, 2.24) is 9.97 Å². The maximum Gasteiger partial charge on any atom is 0.373 e. The number of carboxylic acids is 1. The molecule has 2 rings (SSSR count). The molecular formula is C13H13FN2O2. The highest BCUT2D eigenvalue weighted by molar-refractivity contribution is 5.89. The quantitative estimate of drug-likeness (QED) is 0.842. The number of hydrogen-bond acceptors (Lipinski definition) is 3. The van der Waals surface area contributed by atoms with E-state index in [1.165, 1.54) is 18.2 Å². The minimum absolute atomic E-state index is 0.265. The zero-order chi connectivity index (χ0) is 13.5. The summed E-state index contributed by atoms with van der Waals surface area (Å²) in [5, 5.41) is 9.54. The third-order valence-corrected chi connectivity index (χ3v) is 2.56. The van der Waals surface area contributed by atoms with E-state index in [-0.39, 0.29) is 17.1 Å². The first-order valence-corrected chi connectivity index (χ1v) is 5.50. The Morgan fingerprint density at radius 1 is 1.28 bits per heavy atom. The number of carbonyl (C=O) groups is 1. The van der Waals surface area contributed by atoms with Crippen LogP contribution in [0.2, 0.25) is 0 Å². The van der Waals surface area contributed by atoms with Gasteiger partial charge >= 0.3 is 5.97 Å². The fourth-order valence-corrected chi connectivity index (χ4v) is 1.77. The van der Waals surface area contributed by atoms with E-state index in [2.05, 4.69) is 9.97 Å². The van der Waals surface area contributed by atoms with Crippen molar-refractivity contribution in [3.8, 4) is 0 Å². The zero-order valence-corrected chi connectivity index (χ0v) is 10.4. The van der Waals surface area contributed by atoms with Gasteiger partial charge in [-0.15, -0.1) is 0 Å². The van der Waals surface area contributed by atoms with Gasteiger partial charge in [-0.1, -0.05) is 20.8 Å². The molecule has 0 saturated carbocycles. The maximum absolute atomic E-state index is 13.3. The molecule has 4 nitrogen and oxygen atoms in total. The van der Waals surface area contributed by atoms with E-state index in [4.69, 9.17) is 5.11 Å². The van der Waals surface area contributed by atoms with Gasteiger partial charge in [-0.2, -0.15) is 0 Å². The van der Waals surface area contributed by atoms with Crippen LogP contribution in [0.5, 0.6) is 0 Å². The van der Waals surface area contributed by atoms with Crippen LogP contribution in [0.1, 0.15) is 37.1 Å². The van der Waals surface area contributed by atoms with E-state index in [1.54, 1.807) is 0 Å². The molecule has 0 amide bonds. The van der Waals surface area contributed by atoms with Crippen LogP contribution >= 0.6 is 0 Å². The van der Waals surface area contributed by atoms with Crippen LogP contribution in [-0.2, 0) is 5.41 Å². The van der Waals surface area contributed by atoms with Crippen LogP contribution in [0.3, 0.4) is 0 Å². The van der Waals surface area contributed by atoms with Crippen molar-refractivity contribution in [1.29, 1.82) is 0 Å². The van der Waals surface area contributed by atoms with Crippen LogP contribution in [0.15, 0.2) is 18.2 Å². The molecule has 1 heterocycles. The molecule has 0 spiro atoms. The van der Waals surface area contributed by atoms with Gasteiger partial charge in [0.15, 0.2) is 0 Å². The molecule has 2 aromatic rings. The summed E-state index contributed by atoms with van der Waals surface area (Å²) in [6.45, 7) is 5.68. The van der Waals surface area contributed by atoms with Gasteiger partial charge in [-0.3, -0.25) is 0 Å². The van der Waals surface area contributed by atoms with Gasteiger partial charge in [0.25, 0.3) is 0 Å². The summed E-state index contributed by atoms with van der Waals surface area (Å²) in [5.74, 6) is -1.84. The highest BCUT2D eigenvalue weighted by Gasteiger charge is 2.22. The fraction of sp³-hybridized carbons (Fsp3) is 0.308. The Labute approximate surface area is 103 Å². The van der Waals surface area contributed by atoms with E-state index < -0.39 is 5.97 Å². The third kappa shape index (κ3) is 2.16.